The van der Waals surface area contributed by atoms with Gasteiger partial charge >= 0.3 is 0 Å². The van der Waals surface area contributed by atoms with Crippen molar-refractivity contribution in [1.82, 2.24) is 10.2 Å². The Kier molecular flexibility index (Phi) is 3.57. The molecule has 2 rings (SSSR count). The molecule has 2 unspecified atom stereocenters. The molecule has 1 saturated carbocycles. The van der Waals surface area contributed by atoms with Crippen molar-refractivity contribution in [2.45, 2.75) is 30.6 Å². The third kappa shape index (κ3) is 2.78. The predicted molar refractivity (Wildman–Crippen MR) is 59.9 cm³/mol. The summed E-state index contributed by atoms with van der Waals surface area (Å²) in [6.07, 6.45) is 3.64. The van der Waals surface area contributed by atoms with Gasteiger partial charge in [-0.2, -0.15) is 0 Å². The fourth-order valence-corrected chi connectivity index (χ4v) is 3.42. The summed E-state index contributed by atoms with van der Waals surface area (Å²) in [7, 11) is 1.49. The maximum Gasteiger partial charge on any atom is 0.0365 e. The number of hydrogen-bond acceptors (Lipinski definition) is 3. The van der Waals surface area contributed by atoms with Crippen molar-refractivity contribution >= 4 is 10.8 Å². The molecule has 0 aromatic rings. The summed E-state index contributed by atoms with van der Waals surface area (Å²) in [5, 5.41) is 3.85. The number of nitrogens with one attached hydrogen (secondary N) is 1. The number of likely N-dealkylation sites (N-methyl/N-ethyl adjacent to an activating group) is 1. The summed E-state index contributed by atoms with van der Waals surface area (Å²) in [5.41, 5.74) is 0. The van der Waals surface area contributed by atoms with Crippen LogP contribution in [0.25, 0.3) is 0 Å². The standard InChI is InChI=1S/C10H20N2OS/c1-11-9-4-5-12(8-9)6-7-14(13)10-2-3-10/h9-11H,2-8H2,1H3. The van der Waals surface area contributed by atoms with Gasteiger partial charge in [-0.1, -0.05) is 0 Å². The van der Waals surface area contributed by atoms with Gasteiger partial charge in [0.25, 0.3) is 0 Å². The summed E-state index contributed by atoms with van der Waals surface area (Å²) in [6.45, 7) is 3.34. The second kappa shape index (κ2) is 4.73. The largest absolute Gasteiger partial charge is 0.316 e. The zero-order valence-electron chi connectivity index (χ0n) is 8.87. The summed E-state index contributed by atoms with van der Waals surface area (Å²) < 4.78 is 11.6. The summed E-state index contributed by atoms with van der Waals surface area (Å²) >= 11 is 0. The average molecular weight is 216 g/mol. The lowest BCUT2D eigenvalue weighted by Gasteiger charge is -2.15. The molecule has 2 fully saturated rings. The first-order valence-electron chi connectivity index (χ1n) is 5.56. The van der Waals surface area contributed by atoms with E-state index in [1.165, 1.54) is 25.8 Å². The van der Waals surface area contributed by atoms with Crippen LogP contribution in [0.5, 0.6) is 0 Å². The van der Waals surface area contributed by atoms with Gasteiger partial charge in [0, 0.05) is 40.9 Å². The van der Waals surface area contributed by atoms with Crippen molar-refractivity contribution in [2.24, 2.45) is 0 Å². The fourth-order valence-electron chi connectivity index (χ4n) is 1.99. The molecule has 2 aliphatic rings. The van der Waals surface area contributed by atoms with Gasteiger partial charge in [-0.3, -0.25) is 4.21 Å². The smallest absolute Gasteiger partial charge is 0.0365 e. The molecule has 4 heteroatoms. The maximum atomic E-state index is 11.6. The predicted octanol–water partition coefficient (Wildman–Crippen LogP) is 0.191. The van der Waals surface area contributed by atoms with Crippen molar-refractivity contribution < 1.29 is 4.21 Å². The average Bonchev–Trinajstić information content (AvgIpc) is 2.94. The summed E-state index contributed by atoms with van der Waals surface area (Å²) in [4.78, 5) is 2.43. The maximum absolute atomic E-state index is 11.6. The molecular weight excluding hydrogens is 196 g/mol. The van der Waals surface area contributed by atoms with Crippen molar-refractivity contribution in [2.75, 3.05) is 32.4 Å². The minimum Gasteiger partial charge on any atom is -0.316 e. The van der Waals surface area contributed by atoms with E-state index in [1.807, 2.05) is 7.05 Å². The summed E-state index contributed by atoms with van der Waals surface area (Å²) in [6, 6.07) is 0.657. The molecule has 3 nitrogen and oxygen atoms in total. The van der Waals surface area contributed by atoms with Crippen LogP contribution < -0.4 is 5.32 Å². The van der Waals surface area contributed by atoms with Crippen LogP contribution in [0.3, 0.4) is 0 Å². The van der Waals surface area contributed by atoms with Crippen LogP contribution in [0.4, 0.5) is 0 Å². The fraction of sp³-hybridized carbons (Fsp3) is 1.00. The van der Waals surface area contributed by atoms with Gasteiger partial charge in [-0.05, 0) is 32.9 Å². The number of rotatable bonds is 5. The molecule has 1 saturated heterocycles. The summed E-state index contributed by atoms with van der Waals surface area (Å²) in [5.74, 6) is 0.890. The van der Waals surface area contributed by atoms with E-state index in [2.05, 4.69) is 10.2 Å². The van der Waals surface area contributed by atoms with E-state index in [4.69, 9.17) is 0 Å². The zero-order chi connectivity index (χ0) is 9.97. The van der Waals surface area contributed by atoms with Gasteiger partial charge in [0.1, 0.15) is 0 Å². The van der Waals surface area contributed by atoms with E-state index in [1.54, 1.807) is 0 Å². The molecule has 0 amide bonds. The second-order valence-corrected chi connectivity index (χ2v) is 6.20. The zero-order valence-corrected chi connectivity index (χ0v) is 9.68. The Morgan fingerprint density at radius 1 is 1.43 bits per heavy atom. The Hall–Kier alpha value is 0.0700. The highest BCUT2D eigenvalue weighted by Gasteiger charge is 2.29. The van der Waals surface area contributed by atoms with Crippen LogP contribution in [-0.2, 0) is 10.8 Å². The Bertz CT molecular complexity index is 218. The van der Waals surface area contributed by atoms with E-state index in [9.17, 15) is 4.21 Å². The van der Waals surface area contributed by atoms with Gasteiger partial charge in [0.2, 0.25) is 0 Å². The van der Waals surface area contributed by atoms with Gasteiger partial charge in [0.05, 0.1) is 0 Å². The van der Waals surface area contributed by atoms with E-state index in [0.29, 0.717) is 11.3 Å². The molecule has 1 N–H and O–H groups in total. The lowest BCUT2D eigenvalue weighted by Crippen LogP contribution is -2.31. The molecule has 14 heavy (non-hydrogen) atoms. The van der Waals surface area contributed by atoms with E-state index < -0.39 is 10.8 Å². The Morgan fingerprint density at radius 3 is 2.79 bits per heavy atom. The van der Waals surface area contributed by atoms with E-state index >= 15 is 0 Å². The van der Waals surface area contributed by atoms with Crippen LogP contribution >= 0.6 is 0 Å². The van der Waals surface area contributed by atoms with Crippen molar-refractivity contribution in [3.05, 3.63) is 0 Å². The molecule has 2 atom stereocenters. The molecule has 0 aromatic heterocycles. The molecule has 0 bridgehead atoms. The topological polar surface area (TPSA) is 32.3 Å². The van der Waals surface area contributed by atoms with Crippen LogP contribution in [0, 0.1) is 0 Å². The van der Waals surface area contributed by atoms with Crippen molar-refractivity contribution in [3.8, 4) is 0 Å². The first-order valence-corrected chi connectivity index (χ1v) is 6.94. The molecule has 1 heterocycles. The van der Waals surface area contributed by atoms with Crippen LogP contribution in [0.1, 0.15) is 19.3 Å². The first kappa shape index (κ1) is 10.6. The highest BCUT2D eigenvalue weighted by molar-refractivity contribution is 7.85. The minimum absolute atomic E-state index is 0.532. The van der Waals surface area contributed by atoms with Crippen LogP contribution in [0.2, 0.25) is 0 Å². The van der Waals surface area contributed by atoms with Gasteiger partial charge < -0.3 is 10.2 Å². The van der Waals surface area contributed by atoms with Crippen LogP contribution in [0.15, 0.2) is 0 Å². The second-order valence-electron chi connectivity index (χ2n) is 4.36. The van der Waals surface area contributed by atoms with Gasteiger partial charge in [0.15, 0.2) is 0 Å². The molecule has 1 aliphatic carbocycles. The molecule has 0 radical (unpaired) electrons. The quantitative estimate of drug-likeness (QED) is 0.712. The van der Waals surface area contributed by atoms with Crippen LogP contribution in [-0.4, -0.2) is 52.8 Å². The van der Waals surface area contributed by atoms with Crippen molar-refractivity contribution in [3.63, 3.8) is 0 Å². The highest BCUT2D eigenvalue weighted by Crippen LogP contribution is 2.26. The van der Waals surface area contributed by atoms with Gasteiger partial charge in [-0.15, -0.1) is 0 Å². The van der Waals surface area contributed by atoms with E-state index in [0.717, 1.165) is 18.8 Å². The molecular formula is C10H20N2OS. The third-order valence-electron chi connectivity index (χ3n) is 3.19. The van der Waals surface area contributed by atoms with E-state index in [-0.39, 0.29) is 0 Å². The lowest BCUT2D eigenvalue weighted by molar-refractivity contribution is 0.350. The van der Waals surface area contributed by atoms with Crippen molar-refractivity contribution in [1.29, 1.82) is 0 Å². The van der Waals surface area contributed by atoms with Gasteiger partial charge in [-0.25, -0.2) is 0 Å². The SMILES string of the molecule is CNC1CCN(CCS(=O)C2CC2)C1. The Balaban J connectivity index is 1.63. The normalized spacial score (nSPS) is 30.8. The lowest BCUT2D eigenvalue weighted by atomic mass is 10.3. The Morgan fingerprint density at radius 2 is 2.21 bits per heavy atom. The molecule has 1 aliphatic heterocycles. The minimum atomic E-state index is -0.532. The number of nitrogens with zero attached hydrogens (tertiary/aromatic N) is 1. The molecule has 0 aromatic carbocycles. The number of hydrogen-bond donors (Lipinski definition) is 1. The third-order valence-corrected chi connectivity index (χ3v) is 4.99. The first-order chi connectivity index (χ1) is 6.79. The highest BCUT2D eigenvalue weighted by atomic mass is 32.2. The molecule has 82 valence electrons. The Labute approximate surface area is 88.7 Å². The molecule has 0 spiro atoms. The number of likely N-dealkylation sites (tertiary alicyclic amines) is 1. The monoisotopic (exact) mass is 216 g/mol.